The monoisotopic (exact) mass is 397 g/mol. The van der Waals surface area contributed by atoms with Gasteiger partial charge >= 0.3 is 0 Å². The zero-order valence-corrected chi connectivity index (χ0v) is 16.8. The standard InChI is InChI=1S/C22H24FN3OS/c1-2-25-11-13-26(14-12-25)21(27)15-17-16-7-3-5-9-19(16)24-22(17)28-20-10-6-4-8-18(20)23/h3-10,24H,2,11-15H2,1H3. The van der Waals surface area contributed by atoms with Gasteiger partial charge in [0.1, 0.15) is 5.82 Å². The molecule has 146 valence electrons. The summed E-state index contributed by atoms with van der Waals surface area (Å²) in [4.78, 5) is 21.2. The fourth-order valence-corrected chi connectivity index (χ4v) is 4.65. The van der Waals surface area contributed by atoms with E-state index < -0.39 is 0 Å². The normalized spacial score (nSPS) is 15.3. The van der Waals surface area contributed by atoms with Gasteiger partial charge in [-0.25, -0.2) is 4.39 Å². The molecule has 0 saturated carbocycles. The first kappa shape index (κ1) is 19.0. The van der Waals surface area contributed by atoms with Gasteiger partial charge < -0.3 is 14.8 Å². The van der Waals surface area contributed by atoms with Crippen LogP contribution in [0.3, 0.4) is 0 Å². The molecule has 4 rings (SSSR count). The summed E-state index contributed by atoms with van der Waals surface area (Å²) < 4.78 is 14.2. The number of amides is 1. The fraction of sp³-hybridized carbons (Fsp3) is 0.318. The number of carbonyl (C=O) groups is 1. The van der Waals surface area contributed by atoms with Crippen LogP contribution in [0.4, 0.5) is 4.39 Å². The van der Waals surface area contributed by atoms with E-state index in [-0.39, 0.29) is 11.7 Å². The Bertz CT molecular complexity index is 979. The number of likely N-dealkylation sites (N-methyl/N-ethyl adjacent to an activating group) is 1. The third-order valence-corrected chi connectivity index (χ3v) is 6.43. The van der Waals surface area contributed by atoms with Crippen molar-refractivity contribution in [2.24, 2.45) is 0 Å². The number of nitrogens with zero attached hydrogens (tertiary/aromatic N) is 2. The van der Waals surface area contributed by atoms with Crippen LogP contribution in [-0.4, -0.2) is 53.4 Å². The number of hydrogen-bond acceptors (Lipinski definition) is 3. The van der Waals surface area contributed by atoms with Crippen LogP contribution in [0.25, 0.3) is 10.9 Å². The maximum Gasteiger partial charge on any atom is 0.227 e. The molecule has 1 fully saturated rings. The lowest BCUT2D eigenvalue weighted by Crippen LogP contribution is -2.48. The second-order valence-electron chi connectivity index (χ2n) is 7.00. The second-order valence-corrected chi connectivity index (χ2v) is 8.05. The van der Waals surface area contributed by atoms with Crippen molar-refractivity contribution in [3.63, 3.8) is 0 Å². The predicted molar refractivity (Wildman–Crippen MR) is 111 cm³/mol. The van der Waals surface area contributed by atoms with Crippen LogP contribution >= 0.6 is 11.8 Å². The van der Waals surface area contributed by atoms with Crippen molar-refractivity contribution in [1.82, 2.24) is 14.8 Å². The zero-order valence-electron chi connectivity index (χ0n) is 16.0. The Morgan fingerprint density at radius 2 is 1.79 bits per heavy atom. The number of halogens is 1. The van der Waals surface area contributed by atoms with E-state index in [9.17, 15) is 9.18 Å². The summed E-state index contributed by atoms with van der Waals surface area (Å²) in [6.45, 7) is 6.55. The van der Waals surface area contributed by atoms with Crippen LogP contribution in [0, 0.1) is 5.82 Å². The third-order valence-electron chi connectivity index (χ3n) is 5.32. The Morgan fingerprint density at radius 3 is 2.54 bits per heavy atom. The van der Waals surface area contributed by atoms with Gasteiger partial charge in [0.25, 0.3) is 0 Å². The molecule has 1 aliphatic heterocycles. The van der Waals surface area contributed by atoms with Gasteiger partial charge in [-0.15, -0.1) is 0 Å². The van der Waals surface area contributed by atoms with Crippen molar-refractivity contribution in [1.29, 1.82) is 0 Å². The van der Waals surface area contributed by atoms with E-state index in [0.717, 1.165) is 54.2 Å². The number of carbonyl (C=O) groups excluding carboxylic acids is 1. The van der Waals surface area contributed by atoms with Crippen LogP contribution in [0.15, 0.2) is 58.5 Å². The number of fused-ring (bicyclic) bond motifs is 1. The van der Waals surface area contributed by atoms with Gasteiger partial charge in [-0.2, -0.15) is 0 Å². The molecule has 0 spiro atoms. The molecule has 0 unspecified atom stereocenters. The maximum atomic E-state index is 14.2. The minimum atomic E-state index is -0.251. The predicted octanol–water partition coefficient (Wildman–Crippen LogP) is 4.16. The summed E-state index contributed by atoms with van der Waals surface area (Å²) >= 11 is 1.35. The molecular weight excluding hydrogens is 373 g/mol. The van der Waals surface area contributed by atoms with Crippen molar-refractivity contribution in [3.8, 4) is 0 Å². The number of benzene rings is 2. The van der Waals surface area contributed by atoms with Gasteiger partial charge in [0.2, 0.25) is 5.91 Å². The minimum Gasteiger partial charge on any atom is -0.349 e. The van der Waals surface area contributed by atoms with E-state index in [1.54, 1.807) is 12.1 Å². The molecule has 28 heavy (non-hydrogen) atoms. The number of para-hydroxylation sites is 1. The number of aromatic amines is 1. The minimum absolute atomic E-state index is 0.135. The van der Waals surface area contributed by atoms with Gasteiger partial charge in [0.05, 0.1) is 11.4 Å². The van der Waals surface area contributed by atoms with Crippen LogP contribution < -0.4 is 0 Å². The average molecular weight is 398 g/mol. The highest BCUT2D eigenvalue weighted by atomic mass is 32.2. The van der Waals surface area contributed by atoms with Crippen LogP contribution in [0.1, 0.15) is 12.5 Å². The Hall–Kier alpha value is -2.31. The number of H-pyrrole nitrogens is 1. The molecule has 0 radical (unpaired) electrons. The molecule has 0 aliphatic carbocycles. The van der Waals surface area contributed by atoms with E-state index in [0.29, 0.717) is 11.3 Å². The molecule has 3 aromatic rings. The molecule has 1 aliphatic rings. The van der Waals surface area contributed by atoms with Gasteiger partial charge in [0.15, 0.2) is 0 Å². The van der Waals surface area contributed by atoms with E-state index in [4.69, 9.17) is 0 Å². The topological polar surface area (TPSA) is 39.3 Å². The highest BCUT2D eigenvalue weighted by molar-refractivity contribution is 7.99. The summed E-state index contributed by atoms with van der Waals surface area (Å²) in [5.74, 6) is -0.116. The first-order chi connectivity index (χ1) is 13.7. The second kappa shape index (κ2) is 8.37. The molecular formula is C22H24FN3OS. The number of piperazine rings is 1. The smallest absolute Gasteiger partial charge is 0.227 e. The van der Waals surface area contributed by atoms with Crippen molar-refractivity contribution in [2.45, 2.75) is 23.3 Å². The van der Waals surface area contributed by atoms with Crippen LogP contribution in [0.2, 0.25) is 0 Å². The van der Waals surface area contributed by atoms with Gasteiger partial charge in [-0.1, -0.05) is 49.0 Å². The summed E-state index contributed by atoms with van der Waals surface area (Å²) in [6.07, 6.45) is 0.326. The highest BCUT2D eigenvalue weighted by Crippen LogP contribution is 2.36. The average Bonchev–Trinajstić information content (AvgIpc) is 3.07. The molecule has 0 bridgehead atoms. The van der Waals surface area contributed by atoms with Crippen molar-refractivity contribution in [3.05, 3.63) is 59.9 Å². The molecule has 2 heterocycles. The van der Waals surface area contributed by atoms with E-state index in [1.165, 1.54) is 17.8 Å². The van der Waals surface area contributed by atoms with Gasteiger partial charge in [-0.05, 0) is 24.7 Å². The van der Waals surface area contributed by atoms with E-state index in [1.807, 2.05) is 35.2 Å². The lowest BCUT2D eigenvalue weighted by molar-refractivity contribution is -0.132. The molecule has 2 aromatic carbocycles. The zero-order chi connectivity index (χ0) is 19.5. The summed E-state index contributed by atoms with van der Waals surface area (Å²) in [5, 5.41) is 1.87. The molecule has 1 N–H and O–H groups in total. The molecule has 6 heteroatoms. The van der Waals surface area contributed by atoms with Crippen LogP contribution in [-0.2, 0) is 11.2 Å². The fourth-order valence-electron chi connectivity index (χ4n) is 3.65. The first-order valence-corrected chi connectivity index (χ1v) is 10.5. The molecule has 1 aromatic heterocycles. The maximum absolute atomic E-state index is 14.2. The SMILES string of the molecule is CCN1CCN(C(=O)Cc2c(Sc3ccccc3F)[nH]c3ccccc23)CC1. The van der Waals surface area contributed by atoms with Gasteiger partial charge in [-0.3, -0.25) is 4.79 Å². The molecule has 4 nitrogen and oxygen atoms in total. The third kappa shape index (κ3) is 3.93. The molecule has 0 atom stereocenters. The van der Waals surface area contributed by atoms with Gasteiger partial charge in [0, 0.05) is 47.5 Å². The van der Waals surface area contributed by atoms with Crippen LogP contribution in [0.5, 0.6) is 0 Å². The van der Waals surface area contributed by atoms with Crippen molar-refractivity contribution < 1.29 is 9.18 Å². The summed E-state index contributed by atoms with van der Waals surface area (Å²) in [5.41, 5.74) is 1.92. The lowest BCUT2D eigenvalue weighted by atomic mass is 10.1. The highest BCUT2D eigenvalue weighted by Gasteiger charge is 2.23. The van der Waals surface area contributed by atoms with Crippen molar-refractivity contribution >= 4 is 28.6 Å². The van der Waals surface area contributed by atoms with Crippen molar-refractivity contribution in [2.75, 3.05) is 32.7 Å². The summed E-state index contributed by atoms with van der Waals surface area (Å²) in [6, 6.07) is 14.7. The molecule has 1 amide bonds. The number of nitrogens with one attached hydrogen (secondary N) is 1. The summed E-state index contributed by atoms with van der Waals surface area (Å²) in [7, 11) is 0. The quantitative estimate of drug-likeness (QED) is 0.703. The number of aromatic nitrogens is 1. The first-order valence-electron chi connectivity index (χ1n) is 9.68. The lowest BCUT2D eigenvalue weighted by Gasteiger charge is -2.34. The van der Waals surface area contributed by atoms with E-state index in [2.05, 4.69) is 16.8 Å². The largest absolute Gasteiger partial charge is 0.349 e. The number of hydrogen-bond donors (Lipinski definition) is 1. The Labute approximate surface area is 168 Å². The Morgan fingerprint density at radius 1 is 1.07 bits per heavy atom. The van der Waals surface area contributed by atoms with E-state index >= 15 is 0 Å². The Balaban J connectivity index is 1.60. The Kier molecular flexibility index (Phi) is 5.69. The molecule has 1 saturated heterocycles. The number of rotatable bonds is 5.